The van der Waals surface area contributed by atoms with E-state index in [1.807, 2.05) is 13.8 Å². The molecule has 0 aromatic heterocycles. The SMILES string of the molecule is COC1C(N2C[C@@H](C)N[C@@H](C)C2)=C(F)C=C2C(=O)C(C(=O)O)=CN(CC(F)F)C21. The van der Waals surface area contributed by atoms with Gasteiger partial charge in [0.1, 0.15) is 17.5 Å². The van der Waals surface area contributed by atoms with Crippen LogP contribution in [0.5, 0.6) is 0 Å². The molecule has 160 valence electrons. The highest BCUT2D eigenvalue weighted by molar-refractivity contribution is 6.24. The highest BCUT2D eigenvalue weighted by atomic mass is 19.3. The predicted molar refractivity (Wildman–Crippen MR) is 97.9 cm³/mol. The molecule has 2 N–H and O–H groups in total. The van der Waals surface area contributed by atoms with Crippen LogP contribution < -0.4 is 5.32 Å². The summed E-state index contributed by atoms with van der Waals surface area (Å²) in [6.07, 6.45) is -1.95. The summed E-state index contributed by atoms with van der Waals surface area (Å²) in [5.74, 6) is -3.17. The molecule has 3 aliphatic rings. The van der Waals surface area contributed by atoms with E-state index in [9.17, 15) is 23.5 Å². The van der Waals surface area contributed by atoms with Crippen molar-refractivity contribution in [3.8, 4) is 0 Å². The Hall–Kier alpha value is -2.33. The Bertz CT molecular complexity index is 786. The molecule has 0 amide bonds. The zero-order valence-electron chi connectivity index (χ0n) is 16.4. The van der Waals surface area contributed by atoms with Gasteiger partial charge in [0.05, 0.1) is 18.3 Å². The number of ketones is 1. The number of carbonyl (C=O) groups excluding carboxylic acids is 1. The van der Waals surface area contributed by atoms with Crippen molar-refractivity contribution in [2.45, 2.75) is 44.5 Å². The molecule has 3 rings (SSSR count). The first-order valence-electron chi connectivity index (χ1n) is 9.32. The Labute approximate surface area is 166 Å². The minimum atomic E-state index is -2.79. The summed E-state index contributed by atoms with van der Waals surface area (Å²) in [6, 6.07) is -0.921. The number of hydrogen-bond acceptors (Lipinski definition) is 6. The zero-order valence-corrected chi connectivity index (χ0v) is 16.4. The van der Waals surface area contributed by atoms with Gasteiger partial charge in [0.25, 0.3) is 6.43 Å². The standard InChI is InChI=1S/C19H24F3N3O4/c1-9-5-24(6-10(2)23-9)16-13(20)4-11-15(18(16)29-3)25(8-14(21)22)7-12(17(11)26)19(27)28/h4,7,9-10,14-15,18,23H,5-6,8H2,1-3H3,(H,27,28)/t9-,10+,15?,18?. The van der Waals surface area contributed by atoms with E-state index in [1.54, 1.807) is 4.90 Å². The molecule has 7 nitrogen and oxygen atoms in total. The third kappa shape index (κ3) is 4.04. The first-order valence-corrected chi connectivity index (χ1v) is 9.32. The summed E-state index contributed by atoms with van der Waals surface area (Å²) in [4.78, 5) is 26.9. The van der Waals surface area contributed by atoms with Crippen LogP contribution in [0.1, 0.15) is 13.8 Å². The van der Waals surface area contributed by atoms with Crippen LogP contribution in [0.4, 0.5) is 13.2 Å². The number of methoxy groups -OCH3 is 1. The molecule has 0 aromatic rings. The Kier molecular flexibility index (Phi) is 6.04. The number of halogens is 3. The second-order valence-corrected chi connectivity index (χ2v) is 7.57. The lowest BCUT2D eigenvalue weighted by Crippen LogP contribution is -2.59. The summed E-state index contributed by atoms with van der Waals surface area (Å²) >= 11 is 0. The lowest BCUT2D eigenvalue weighted by Gasteiger charge is -2.47. The van der Waals surface area contributed by atoms with E-state index in [-0.39, 0.29) is 23.4 Å². The number of carboxylic acids is 1. The number of Topliss-reactive ketones (excluding diaryl/α,β-unsaturated/α-hetero) is 1. The Morgan fingerprint density at radius 2 is 1.97 bits per heavy atom. The van der Waals surface area contributed by atoms with Crippen LogP contribution in [-0.4, -0.2) is 84.1 Å². The van der Waals surface area contributed by atoms with Crippen LogP contribution in [0, 0.1) is 0 Å². The fourth-order valence-corrected chi connectivity index (χ4v) is 4.33. The van der Waals surface area contributed by atoms with Crippen molar-refractivity contribution in [2.75, 3.05) is 26.7 Å². The van der Waals surface area contributed by atoms with Crippen LogP contribution in [0.15, 0.2) is 34.9 Å². The number of rotatable bonds is 5. The number of aliphatic carboxylic acids is 1. The predicted octanol–water partition coefficient (Wildman–Crippen LogP) is 1.29. The van der Waals surface area contributed by atoms with Crippen molar-refractivity contribution in [3.63, 3.8) is 0 Å². The average molecular weight is 415 g/mol. The molecule has 0 radical (unpaired) electrons. The van der Waals surface area contributed by atoms with Gasteiger partial charge in [-0.15, -0.1) is 0 Å². The maximum absolute atomic E-state index is 15.2. The van der Waals surface area contributed by atoms with E-state index < -0.39 is 48.3 Å². The molecule has 0 spiro atoms. The molecule has 29 heavy (non-hydrogen) atoms. The normalized spacial score (nSPS) is 30.4. The fraction of sp³-hybridized carbons (Fsp3) is 0.579. The number of nitrogens with one attached hydrogen (secondary N) is 1. The molecule has 2 heterocycles. The lowest BCUT2D eigenvalue weighted by atomic mass is 9.83. The third-order valence-electron chi connectivity index (χ3n) is 5.29. The van der Waals surface area contributed by atoms with E-state index in [0.29, 0.717) is 13.1 Å². The van der Waals surface area contributed by atoms with Crippen LogP contribution in [0.3, 0.4) is 0 Å². The molecule has 1 aliphatic carbocycles. The molecule has 10 heteroatoms. The molecule has 1 saturated heterocycles. The number of carbonyl (C=O) groups is 2. The monoisotopic (exact) mass is 415 g/mol. The molecule has 0 saturated carbocycles. The molecule has 0 bridgehead atoms. The maximum atomic E-state index is 15.2. The van der Waals surface area contributed by atoms with E-state index in [1.165, 1.54) is 7.11 Å². The number of hydrogen-bond donors (Lipinski definition) is 2. The van der Waals surface area contributed by atoms with Crippen LogP contribution in [-0.2, 0) is 14.3 Å². The Balaban J connectivity index is 2.08. The largest absolute Gasteiger partial charge is 0.477 e. The lowest BCUT2D eigenvalue weighted by molar-refractivity contribution is -0.135. The van der Waals surface area contributed by atoms with Crippen LogP contribution in [0.2, 0.25) is 0 Å². The van der Waals surface area contributed by atoms with Crippen molar-refractivity contribution in [1.82, 2.24) is 15.1 Å². The molecule has 4 atom stereocenters. The first-order chi connectivity index (χ1) is 13.6. The van der Waals surface area contributed by atoms with Gasteiger partial charge in [-0.3, -0.25) is 4.79 Å². The molecular formula is C19H24F3N3O4. The fourth-order valence-electron chi connectivity index (χ4n) is 4.33. The summed E-state index contributed by atoms with van der Waals surface area (Å²) in [7, 11) is 1.32. The average Bonchev–Trinajstić information content (AvgIpc) is 2.61. The van der Waals surface area contributed by atoms with Gasteiger partial charge in [-0.05, 0) is 19.9 Å². The molecule has 0 aromatic carbocycles. The second-order valence-electron chi connectivity index (χ2n) is 7.57. The van der Waals surface area contributed by atoms with E-state index in [0.717, 1.165) is 17.2 Å². The third-order valence-corrected chi connectivity index (χ3v) is 5.29. The number of alkyl halides is 2. The molecule has 2 aliphatic heterocycles. The van der Waals surface area contributed by atoms with Gasteiger partial charge >= 0.3 is 5.97 Å². The zero-order chi connectivity index (χ0) is 21.5. The van der Waals surface area contributed by atoms with E-state index in [4.69, 9.17) is 4.74 Å². The summed E-state index contributed by atoms with van der Waals surface area (Å²) < 4.78 is 47.1. The number of carboxylic acid groups (broad SMARTS) is 1. The molecule has 1 fully saturated rings. The number of fused-ring (bicyclic) bond motifs is 1. The van der Waals surface area contributed by atoms with Crippen molar-refractivity contribution < 1.29 is 32.6 Å². The van der Waals surface area contributed by atoms with Crippen molar-refractivity contribution in [3.05, 3.63) is 34.9 Å². The van der Waals surface area contributed by atoms with Gasteiger partial charge in [-0.1, -0.05) is 0 Å². The summed E-state index contributed by atoms with van der Waals surface area (Å²) in [5, 5.41) is 12.6. The smallest absolute Gasteiger partial charge is 0.341 e. The first kappa shape index (κ1) is 21.4. The van der Waals surface area contributed by atoms with Crippen molar-refractivity contribution >= 4 is 11.8 Å². The number of allylic oxidation sites excluding steroid dienone is 2. The number of ether oxygens (including phenoxy) is 1. The summed E-state index contributed by atoms with van der Waals surface area (Å²) in [6.45, 7) is 4.03. The maximum Gasteiger partial charge on any atom is 0.341 e. The van der Waals surface area contributed by atoms with Crippen molar-refractivity contribution in [2.24, 2.45) is 0 Å². The minimum absolute atomic E-state index is 0.0607. The number of nitrogens with zero attached hydrogens (tertiary/aromatic N) is 2. The second kappa shape index (κ2) is 8.19. The van der Waals surface area contributed by atoms with Gasteiger partial charge in [0.15, 0.2) is 5.78 Å². The van der Waals surface area contributed by atoms with Crippen LogP contribution in [0.25, 0.3) is 0 Å². The minimum Gasteiger partial charge on any atom is -0.477 e. The highest BCUT2D eigenvalue weighted by Crippen LogP contribution is 2.38. The van der Waals surface area contributed by atoms with Gasteiger partial charge in [0.2, 0.25) is 0 Å². The summed E-state index contributed by atoms with van der Waals surface area (Å²) in [5.41, 5.74) is -0.695. The van der Waals surface area contributed by atoms with Gasteiger partial charge in [-0.25, -0.2) is 18.0 Å². The van der Waals surface area contributed by atoms with Gasteiger partial charge in [0, 0.05) is 44.1 Å². The highest BCUT2D eigenvalue weighted by Gasteiger charge is 2.47. The van der Waals surface area contributed by atoms with Crippen LogP contribution >= 0.6 is 0 Å². The Morgan fingerprint density at radius 3 is 2.48 bits per heavy atom. The van der Waals surface area contributed by atoms with E-state index >= 15 is 4.39 Å². The molecule has 2 unspecified atom stereocenters. The van der Waals surface area contributed by atoms with Crippen molar-refractivity contribution in [1.29, 1.82) is 0 Å². The van der Waals surface area contributed by atoms with E-state index in [2.05, 4.69) is 5.32 Å². The molecular weight excluding hydrogens is 391 g/mol. The topological polar surface area (TPSA) is 82.1 Å². The Morgan fingerprint density at radius 1 is 1.34 bits per heavy atom. The van der Waals surface area contributed by atoms with Gasteiger partial charge < -0.3 is 25.0 Å². The van der Waals surface area contributed by atoms with Gasteiger partial charge in [-0.2, -0.15) is 0 Å². The quantitative estimate of drug-likeness (QED) is 0.655. The number of piperazine rings is 1.